The van der Waals surface area contributed by atoms with Gasteiger partial charge in [0.2, 0.25) is 5.78 Å². The van der Waals surface area contributed by atoms with Crippen molar-refractivity contribution in [1.82, 2.24) is 0 Å². The number of carbonyl (C=O) groups is 1. The number of carbonyl (C=O) groups excluding carboxylic acids is 1. The molecule has 0 amide bonds. The Bertz CT molecular complexity index is 1040. The summed E-state index contributed by atoms with van der Waals surface area (Å²) in [5.74, 6) is 1.50. The number of fused-ring (bicyclic) bond motifs is 1. The van der Waals surface area contributed by atoms with E-state index in [9.17, 15) is 4.79 Å². The van der Waals surface area contributed by atoms with Gasteiger partial charge in [0.1, 0.15) is 18.1 Å². The largest absolute Gasteiger partial charge is 0.488 e. The fourth-order valence-electron chi connectivity index (χ4n) is 2.99. The van der Waals surface area contributed by atoms with Gasteiger partial charge in [-0.25, -0.2) is 0 Å². The molecule has 3 nitrogen and oxygen atoms in total. The summed E-state index contributed by atoms with van der Waals surface area (Å²) in [5.41, 5.74) is 3.38. The van der Waals surface area contributed by atoms with E-state index in [2.05, 4.69) is 15.9 Å². The monoisotopic (exact) mass is 420 g/mol. The molecule has 3 aromatic carbocycles. The molecule has 27 heavy (non-hydrogen) atoms. The lowest BCUT2D eigenvalue weighted by atomic mass is 10.1. The molecular formula is C23H17BrO3. The smallest absolute Gasteiger partial charge is 0.231 e. The molecule has 0 radical (unpaired) electrons. The summed E-state index contributed by atoms with van der Waals surface area (Å²) in [6.45, 7) is 2.38. The summed E-state index contributed by atoms with van der Waals surface area (Å²) >= 11 is 3.50. The van der Waals surface area contributed by atoms with Crippen LogP contribution in [0.25, 0.3) is 6.08 Å². The van der Waals surface area contributed by atoms with Crippen molar-refractivity contribution in [2.75, 3.05) is 0 Å². The molecule has 0 saturated heterocycles. The Morgan fingerprint density at radius 3 is 2.52 bits per heavy atom. The van der Waals surface area contributed by atoms with Crippen LogP contribution in [0.5, 0.6) is 11.5 Å². The van der Waals surface area contributed by atoms with E-state index >= 15 is 0 Å². The second kappa shape index (κ2) is 7.41. The molecule has 0 aliphatic carbocycles. The number of hydrogen-bond acceptors (Lipinski definition) is 3. The van der Waals surface area contributed by atoms with Crippen molar-refractivity contribution in [2.24, 2.45) is 0 Å². The Morgan fingerprint density at radius 1 is 1.00 bits per heavy atom. The van der Waals surface area contributed by atoms with Crippen LogP contribution in [0.1, 0.15) is 27.0 Å². The number of halogens is 1. The first-order valence-electron chi connectivity index (χ1n) is 8.62. The molecule has 1 aliphatic heterocycles. The number of ether oxygens (including phenoxy) is 2. The van der Waals surface area contributed by atoms with E-state index in [1.807, 2.05) is 67.6 Å². The predicted molar refractivity (Wildman–Crippen MR) is 109 cm³/mol. The van der Waals surface area contributed by atoms with E-state index in [0.717, 1.165) is 21.2 Å². The van der Waals surface area contributed by atoms with E-state index in [4.69, 9.17) is 9.47 Å². The van der Waals surface area contributed by atoms with Crippen LogP contribution in [0.3, 0.4) is 0 Å². The van der Waals surface area contributed by atoms with Crippen LogP contribution >= 0.6 is 15.9 Å². The molecule has 4 heteroatoms. The third-order valence-electron chi connectivity index (χ3n) is 4.47. The molecule has 0 unspecified atom stereocenters. The lowest BCUT2D eigenvalue weighted by Gasteiger charge is -2.11. The maximum absolute atomic E-state index is 12.7. The van der Waals surface area contributed by atoms with Crippen molar-refractivity contribution in [2.45, 2.75) is 13.5 Å². The van der Waals surface area contributed by atoms with Gasteiger partial charge < -0.3 is 9.47 Å². The van der Waals surface area contributed by atoms with Crippen molar-refractivity contribution in [1.29, 1.82) is 0 Å². The third kappa shape index (κ3) is 3.53. The minimum atomic E-state index is -0.113. The number of benzene rings is 3. The van der Waals surface area contributed by atoms with E-state index in [1.54, 1.807) is 12.1 Å². The quantitative estimate of drug-likeness (QED) is 0.488. The SMILES string of the molecule is Cc1c(OCc2ccccc2)ccc2c1O/C(=C\c1ccccc1Br)C2=O. The summed E-state index contributed by atoms with van der Waals surface area (Å²) in [7, 11) is 0. The fraction of sp³-hybridized carbons (Fsp3) is 0.0870. The van der Waals surface area contributed by atoms with Gasteiger partial charge in [-0.1, -0.05) is 64.5 Å². The van der Waals surface area contributed by atoms with Gasteiger partial charge in [-0.2, -0.15) is 0 Å². The van der Waals surface area contributed by atoms with E-state index in [0.29, 0.717) is 29.4 Å². The number of hydrogen-bond donors (Lipinski definition) is 0. The lowest BCUT2D eigenvalue weighted by Crippen LogP contribution is -1.98. The van der Waals surface area contributed by atoms with Crippen molar-refractivity contribution in [3.05, 3.63) is 99.2 Å². The first-order valence-corrected chi connectivity index (χ1v) is 9.42. The van der Waals surface area contributed by atoms with Crippen molar-refractivity contribution in [3.63, 3.8) is 0 Å². The highest BCUT2D eigenvalue weighted by atomic mass is 79.9. The standard InChI is InChI=1S/C23H17BrO3/c1-15-20(26-14-16-7-3-2-4-8-16)12-11-18-22(25)21(27-23(15)18)13-17-9-5-6-10-19(17)24/h2-13H,14H2,1H3/b21-13-. The minimum absolute atomic E-state index is 0.113. The van der Waals surface area contributed by atoms with Gasteiger partial charge in [0.15, 0.2) is 5.76 Å². The number of Topliss-reactive ketones (excluding diaryl/α,β-unsaturated/α-hetero) is 1. The molecule has 3 aromatic rings. The molecule has 0 aromatic heterocycles. The average Bonchev–Trinajstić information content (AvgIpc) is 3.01. The Hall–Kier alpha value is -2.85. The Balaban J connectivity index is 1.60. The van der Waals surface area contributed by atoms with E-state index < -0.39 is 0 Å². The molecule has 0 atom stereocenters. The van der Waals surface area contributed by atoms with Crippen LogP contribution in [0.4, 0.5) is 0 Å². The minimum Gasteiger partial charge on any atom is -0.488 e. The van der Waals surface area contributed by atoms with Crippen LogP contribution < -0.4 is 9.47 Å². The molecule has 0 N–H and O–H groups in total. The highest BCUT2D eigenvalue weighted by molar-refractivity contribution is 9.10. The van der Waals surface area contributed by atoms with Crippen LogP contribution in [-0.4, -0.2) is 5.78 Å². The second-order valence-corrected chi connectivity index (χ2v) is 7.16. The van der Waals surface area contributed by atoms with Gasteiger partial charge in [0.25, 0.3) is 0 Å². The number of allylic oxidation sites excluding steroid dienone is 1. The summed E-state index contributed by atoms with van der Waals surface area (Å²) in [4.78, 5) is 12.7. The maximum atomic E-state index is 12.7. The normalized spacial score (nSPS) is 14.1. The predicted octanol–water partition coefficient (Wildman–Crippen LogP) is 5.95. The van der Waals surface area contributed by atoms with Gasteiger partial charge in [-0.05, 0) is 42.3 Å². The molecule has 0 spiro atoms. The van der Waals surface area contributed by atoms with Crippen LogP contribution in [0.15, 0.2) is 77.0 Å². The zero-order chi connectivity index (χ0) is 18.8. The van der Waals surface area contributed by atoms with Gasteiger partial charge in [0.05, 0.1) is 5.56 Å². The fourth-order valence-corrected chi connectivity index (χ4v) is 3.39. The van der Waals surface area contributed by atoms with Crippen LogP contribution in [0.2, 0.25) is 0 Å². The molecule has 134 valence electrons. The molecule has 1 heterocycles. The maximum Gasteiger partial charge on any atom is 0.231 e. The lowest BCUT2D eigenvalue weighted by molar-refractivity contribution is 0.101. The molecular weight excluding hydrogens is 404 g/mol. The van der Waals surface area contributed by atoms with Crippen molar-refractivity contribution >= 4 is 27.8 Å². The topological polar surface area (TPSA) is 35.5 Å². The summed E-state index contributed by atoms with van der Waals surface area (Å²) < 4.78 is 12.8. The van der Waals surface area contributed by atoms with Crippen molar-refractivity contribution in [3.8, 4) is 11.5 Å². The second-order valence-electron chi connectivity index (χ2n) is 6.30. The molecule has 1 aliphatic rings. The van der Waals surface area contributed by atoms with E-state index in [1.165, 1.54) is 0 Å². The van der Waals surface area contributed by atoms with Crippen LogP contribution in [-0.2, 0) is 6.61 Å². The van der Waals surface area contributed by atoms with Gasteiger partial charge in [0, 0.05) is 10.0 Å². The highest BCUT2D eigenvalue weighted by Gasteiger charge is 2.30. The molecule has 0 fully saturated rings. The van der Waals surface area contributed by atoms with Gasteiger partial charge in [-0.15, -0.1) is 0 Å². The Labute approximate surface area is 166 Å². The number of rotatable bonds is 4. The molecule has 0 saturated carbocycles. The highest BCUT2D eigenvalue weighted by Crippen LogP contribution is 2.39. The van der Waals surface area contributed by atoms with E-state index in [-0.39, 0.29) is 5.78 Å². The zero-order valence-corrected chi connectivity index (χ0v) is 16.3. The summed E-state index contributed by atoms with van der Waals surface area (Å²) in [5, 5.41) is 0. The Morgan fingerprint density at radius 2 is 1.74 bits per heavy atom. The van der Waals surface area contributed by atoms with Gasteiger partial charge in [-0.3, -0.25) is 4.79 Å². The summed E-state index contributed by atoms with van der Waals surface area (Å²) in [6.07, 6.45) is 1.76. The first-order chi connectivity index (χ1) is 13.1. The van der Waals surface area contributed by atoms with Crippen LogP contribution in [0, 0.1) is 6.92 Å². The number of ketones is 1. The zero-order valence-electron chi connectivity index (χ0n) is 14.7. The van der Waals surface area contributed by atoms with Crippen molar-refractivity contribution < 1.29 is 14.3 Å². The van der Waals surface area contributed by atoms with Gasteiger partial charge >= 0.3 is 0 Å². The summed E-state index contributed by atoms with van der Waals surface area (Å²) in [6, 6.07) is 21.3. The Kier molecular flexibility index (Phi) is 4.82. The first kappa shape index (κ1) is 17.6. The third-order valence-corrected chi connectivity index (χ3v) is 5.19. The molecule has 4 rings (SSSR count). The average molecular weight is 421 g/mol. The molecule has 0 bridgehead atoms.